The summed E-state index contributed by atoms with van der Waals surface area (Å²) < 4.78 is 5.95. The highest BCUT2D eigenvalue weighted by Gasteiger charge is 2.84. The summed E-state index contributed by atoms with van der Waals surface area (Å²) in [6, 6.07) is 2.66. The summed E-state index contributed by atoms with van der Waals surface area (Å²) in [4.78, 5) is 13.1. The fourth-order valence-electron chi connectivity index (χ4n) is 7.82. The summed E-state index contributed by atoms with van der Waals surface area (Å²) in [6.45, 7) is 9.49. The minimum Gasteiger partial charge on any atom is -0.481 e. The molecule has 0 heterocycles. The molecule has 0 aliphatic heterocycles. The number of fused-ring (bicyclic) bond motifs is 2. The molecule has 4 aliphatic carbocycles. The van der Waals surface area contributed by atoms with Crippen LogP contribution in [0.25, 0.3) is 0 Å². The molecule has 0 aromatic carbocycles. The number of carboxylic acid groups (broad SMARTS) is 1. The molecule has 0 saturated heterocycles. The van der Waals surface area contributed by atoms with Crippen molar-refractivity contribution in [3.63, 3.8) is 0 Å². The number of nitriles is 1. The van der Waals surface area contributed by atoms with E-state index in [1.54, 1.807) is 0 Å². The van der Waals surface area contributed by atoms with Gasteiger partial charge in [0.1, 0.15) is 5.41 Å². The van der Waals surface area contributed by atoms with Gasteiger partial charge >= 0.3 is 5.97 Å². The number of aliphatic carboxylic acids is 1. The van der Waals surface area contributed by atoms with Crippen molar-refractivity contribution >= 4 is 5.97 Å². The van der Waals surface area contributed by atoms with Crippen molar-refractivity contribution in [3.05, 3.63) is 11.6 Å². The molecule has 0 amide bonds. The third-order valence-corrected chi connectivity index (χ3v) is 8.60. The van der Waals surface area contributed by atoms with Gasteiger partial charge in [-0.25, -0.2) is 0 Å². The highest BCUT2D eigenvalue weighted by molar-refractivity contribution is 5.85. The largest absolute Gasteiger partial charge is 0.481 e. The lowest BCUT2D eigenvalue weighted by molar-refractivity contribution is -0.179. The van der Waals surface area contributed by atoms with Crippen LogP contribution in [0, 0.1) is 57.2 Å². The molecule has 0 aromatic heterocycles. The third-order valence-electron chi connectivity index (χ3n) is 8.60. The Morgan fingerprint density at radius 3 is 2.73 bits per heavy atom. The number of rotatable bonds is 5. The number of carbonyl (C=O) groups is 1. The molecule has 3 fully saturated rings. The van der Waals surface area contributed by atoms with E-state index in [4.69, 9.17) is 4.74 Å². The molecule has 4 bridgehead atoms. The molecule has 0 radical (unpaired) electrons. The average molecular weight is 357 g/mol. The number of hydrogen-bond acceptors (Lipinski definition) is 3. The van der Waals surface area contributed by atoms with E-state index in [1.807, 2.05) is 6.92 Å². The molecule has 0 aromatic rings. The fourth-order valence-corrected chi connectivity index (χ4v) is 7.82. The van der Waals surface area contributed by atoms with Crippen LogP contribution in [0.1, 0.15) is 53.4 Å². The third kappa shape index (κ3) is 1.68. The maximum absolute atomic E-state index is 13.1. The maximum Gasteiger partial charge on any atom is 0.316 e. The smallest absolute Gasteiger partial charge is 0.316 e. The van der Waals surface area contributed by atoms with Gasteiger partial charge in [0.2, 0.25) is 0 Å². The Balaban J connectivity index is 1.99. The van der Waals surface area contributed by atoms with Crippen LogP contribution in [0.5, 0.6) is 0 Å². The SMILES string of the molecule is CCOC[C@@]12CC3C(C)CCC3[C@@]3(C#N)C[C@@H]1C=C(C(C)C)[C@@]23C(=O)O. The molecule has 4 aliphatic rings. The summed E-state index contributed by atoms with van der Waals surface area (Å²) in [6.07, 6.45) is 5.94. The van der Waals surface area contributed by atoms with E-state index < -0.39 is 22.2 Å². The van der Waals surface area contributed by atoms with Gasteiger partial charge in [0, 0.05) is 12.0 Å². The van der Waals surface area contributed by atoms with Crippen LogP contribution < -0.4 is 0 Å². The first kappa shape index (κ1) is 18.0. The monoisotopic (exact) mass is 357 g/mol. The summed E-state index contributed by atoms with van der Waals surface area (Å²) in [7, 11) is 0. The molecular formula is C22H31NO3. The molecule has 0 spiro atoms. The first-order valence-corrected chi connectivity index (χ1v) is 10.3. The minimum absolute atomic E-state index is 0.139. The summed E-state index contributed by atoms with van der Waals surface area (Å²) in [5.74, 6) is 0.741. The topological polar surface area (TPSA) is 70.3 Å². The van der Waals surface area contributed by atoms with Gasteiger partial charge in [0.25, 0.3) is 0 Å². The Bertz CT molecular complexity index is 707. The van der Waals surface area contributed by atoms with Crippen LogP contribution >= 0.6 is 0 Å². The van der Waals surface area contributed by atoms with E-state index in [0.29, 0.717) is 31.5 Å². The number of carboxylic acids is 1. The van der Waals surface area contributed by atoms with Crippen LogP contribution in [-0.2, 0) is 9.53 Å². The number of allylic oxidation sites excluding steroid dienone is 1. The van der Waals surface area contributed by atoms with E-state index in [0.717, 1.165) is 24.8 Å². The highest BCUT2D eigenvalue weighted by atomic mass is 16.5. The Kier molecular flexibility index (Phi) is 3.87. The lowest BCUT2D eigenvalue weighted by atomic mass is 9.43. The van der Waals surface area contributed by atoms with Gasteiger partial charge in [-0.05, 0) is 55.8 Å². The first-order valence-electron chi connectivity index (χ1n) is 10.3. The van der Waals surface area contributed by atoms with Crippen molar-refractivity contribution in [1.29, 1.82) is 5.26 Å². The van der Waals surface area contributed by atoms with Gasteiger partial charge in [-0.1, -0.05) is 38.8 Å². The second kappa shape index (κ2) is 5.58. The van der Waals surface area contributed by atoms with E-state index in [-0.39, 0.29) is 17.8 Å². The second-order valence-electron chi connectivity index (χ2n) is 9.55. The molecule has 3 unspecified atom stereocenters. The number of ether oxygens (including phenoxy) is 1. The maximum atomic E-state index is 13.1. The summed E-state index contributed by atoms with van der Waals surface area (Å²) >= 11 is 0. The van der Waals surface area contributed by atoms with Crippen LogP contribution in [0.2, 0.25) is 0 Å². The highest BCUT2D eigenvalue weighted by Crippen LogP contribution is 2.83. The van der Waals surface area contributed by atoms with E-state index in [1.165, 1.54) is 0 Å². The van der Waals surface area contributed by atoms with Crippen LogP contribution in [0.3, 0.4) is 0 Å². The van der Waals surface area contributed by atoms with Crippen molar-refractivity contribution in [3.8, 4) is 6.07 Å². The summed E-state index contributed by atoms with van der Waals surface area (Å²) in [5.41, 5.74) is -1.30. The van der Waals surface area contributed by atoms with Crippen molar-refractivity contribution in [2.45, 2.75) is 53.4 Å². The van der Waals surface area contributed by atoms with Crippen LogP contribution in [-0.4, -0.2) is 24.3 Å². The fraction of sp³-hybridized carbons (Fsp3) is 0.818. The predicted molar refractivity (Wildman–Crippen MR) is 98.1 cm³/mol. The van der Waals surface area contributed by atoms with Crippen molar-refractivity contribution < 1.29 is 14.6 Å². The van der Waals surface area contributed by atoms with Crippen LogP contribution in [0.4, 0.5) is 0 Å². The molecule has 26 heavy (non-hydrogen) atoms. The van der Waals surface area contributed by atoms with Crippen molar-refractivity contribution in [2.24, 2.45) is 45.8 Å². The normalized spacial score (nSPS) is 48.4. The minimum atomic E-state index is -1.08. The van der Waals surface area contributed by atoms with E-state index >= 15 is 0 Å². The zero-order valence-electron chi connectivity index (χ0n) is 16.4. The van der Waals surface area contributed by atoms with Gasteiger partial charge in [0.05, 0.1) is 18.1 Å². The van der Waals surface area contributed by atoms with Crippen molar-refractivity contribution in [2.75, 3.05) is 13.2 Å². The molecule has 4 rings (SSSR count). The molecule has 7 atom stereocenters. The van der Waals surface area contributed by atoms with E-state index in [2.05, 4.69) is 32.9 Å². The molecule has 4 heteroatoms. The zero-order valence-corrected chi connectivity index (χ0v) is 16.4. The Morgan fingerprint density at radius 2 is 2.15 bits per heavy atom. The molecular weight excluding hydrogens is 326 g/mol. The van der Waals surface area contributed by atoms with Gasteiger partial charge < -0.3 is 9.84 Å². The van der Waals surface area contributed by atoms with Gasteiger partial charge in [0.15, 0.2) is 0 Å². The average Bonchev–Trinajstić information content (AvgIpc) is 3.17. The Morgan fingerprint density at radius 1 is 1.42 bits per heavy atom. The van der Waals surface area contributed by atoms with Gasteiger partial charge in [-0.3, -0.25) is 4.79 Å². The molecule has 1 N–H and O–H groups in total. The molecule has 4 nitrogen and oxygen atoms in total. The van der Waals surface area contributed by atoms with Crippen molar-refractivity contribution in [1.82, 2.24) is 0 Å². The standard InChI is InChI=1S/C22H31NO3/c1-5-26-12-21-10-16-14(4)6-7-17(16)20(11-23)9-15(21)8-18(13(2)3)22(20,21)19(24)25/h8,13-17H,5-7,9-10,12H2,1-4H3,(H,24,25)/t14?,15-,16?,17?,20-,21-,22-/m0/s1. The Labute approximate surface area is 156 Å². The summed E-state index contributed by atoms with van der Waals surface area (Å²) in [5, 5.41) is 21.2. The molecule has 142 valence electrons. The zero-order chi connectivity index (χ0) is 18.9. The molecule has 3 saturated carbocycles. The van der Waals surface area contributed by atoms with Gasteiger partial charge in [-0.15, -0.1) is 0 Å². The van der Waals surface area contributed by atoms with Crippen LogP contribution in [0.15, 0.2) is 11.6 Å². The quantitative estimate of drug-likeness (QED) is 0.746. The van der Waals surface area contributed by atoms with Gasteiger partial charge in [-0.2, -0.15) is 5.26 Å². The first-order chi connectivity index (χ1) is 12.3. The number of nitrogens with zero attached hydrogens (tertiary/aromatic N) is 1. The van der Waals surface area contributed by atoms with E-state index in [9.17, 15) is 15.2 Å². The Hall–Kier alpha value is -1.34. The second-order valence-corrected chi connectivity index (χ2v) is 9.55. The predicted octanol–water partition coefficient (Wildman–Crippen LogP) is 4.27. The lowest BCUT2D eigenvalue weighted by Gasteiger charge is -2.57. The number of hydrogen-bond donors (Lipinski definition) is 1. The lowest BCUT2D eigenvalue weighted by Crippen LogP contribution is -2.62.